The summed E-state index contributed by atoms with van der Waals surface area (Å²) in [5.74, 6) is 4.22. The third kappa shape index (κ3) is 3.34. The molecule has 0 fully saturated rings. The second-order valence-electron chi connectivity index (χ2n) is 4.46. The van der Waals surface area contributed by atoms with E-state index in [1.54, 1.807) is 6.92 Å². The van der Waals surface area contributed by atoms with Crippen LogP contribution in [0.15, 0.2) is 30.6 Å². The number of nitrogens with one attached hydrogen (secondary N) is 1. The number of alkyl halides is 3. The van der Waals surface area contributed by atoms with E-state index in [0.717, 1.165) is 11.6 Å². The summed E-state index contributed by atoms with van der Waals surface area (Å²) in [5.41, 5.74) is 1.90. The molecule has 1 aromatic carbocycles. The SMILES string of the molecule is Cc1cnc(C(NN)c2ccc(F)c(C(F)(F)F)c2)nc1. The van der Waals surface area contributed by atoms with Gasteiger partial charge in [-0.25, -0.2) is 19.8 Å². The molecule has 0 amide bonds. The van der Waals surface area contributed by atoms with Gasteiger partial charge in [-0.2, -0.15) is 13.2 Å². The van der Waals surface area contributed by atoms with Gasteiger partial charge in [-0.3, -0.25) is 5.84 Å². The van der Waals surface area contributed by atoms with Crippen molar-refractivity contribution >= 4 is 0 Å². The van der Waals surface area contributed by atoms with Crippen LogP contribution in [-0.4, -0.2) is 9.97 Å². The second kappa shape index (κ2) is 5.74. The van der Waals surface area contributed by atoms with E-state index >= 15 is 0 Å². The number of nitrogens with zero attached hydrogens (tertiary/aromatic N) is 2. The molecule has 0 saturated heterocycles. The van der Waals surface area contributed by atoms with Gasteiger partial charge < -0.3 is 0 Å². The maximum atomic E-state index is 13.3. The molecular weight excluding hydrogens is 288 g/mol. The minimum atomic E-state index is -4.78. The number of benzene rings is 1. The summed E-state index contributed by atoms with van der Waals surface area (Å²) in [5, 5.41) is 0. The van der Waals surface area contributed by atoms with Crippen molar-refractivity contribution in [3.05, 3.63) is 58.9 Å². The first-order valence-corrected chi connectivity index (χ1v) is 5.94. The topological polar surface area (TPSA) is 63.8 Å². The molecule has 21 heavy (non-hydrogen) atoms. The highest BCUT2D eigenvalue weighted by Crippen LogP contribution is 2.33. The maximum Gasteiger partial charge on any atom is 0.419 e. The fourth-order valence-corrected chi connectivity index (χ4v) is 1.81. The molecule has 0 spiro atoms. The van der Waals surface area contributed by atoms with Gasteiger partial charge in [0.1, 0.15) is 11.9 Å². The third-order valence-electron chi connectivity index (χ3n) is 2.85. The molecule has 112 valence electrons. The molecule has 1 atom stereocenters. The molecule has 0 aliphatic rings. The van der Waals surface area contributed by atoms with E-state index in [-0.39, 0.29) is 11.4 Å². The van der Waals surface area contributed by atoms with E-state index in [4.69, 9.17) is 5.84 Å². The largest absolute Gasteiger partial charge is 0.419 e. The Hall–Kier alpha value is -2.06. The Morgan fingerprint density at radius 1 is 1.19 bits per heavy atom. The van der Waals surface area contributed by atoms with E-state index in [1.807, 2.05) is 0 Å². The van der Waals surface area contributed by atoms with Crippen molar-refractivity contribution < 1.29 is 17.6 Å². The number of hydrazine groups is 1. The molecule has 0 bridgehead atoms. The maximum absolute atomic E-state index is 13.3. The lowest BCUT2D eigenvalue weighted by Crippen LogP contribution is -2.30. The van der Waals surface area contributed by atoms with Crippen LogP contribution in [0.2, 0.25) is 0 Å². The molecule has 2 rings (SSSR count). The van der Waals surface area contributed by atoms with Gasteiger partial charge in [-0.1, -0.05) is 6.07 Å². The average molecular weight is 300 g/mol. The number of rotatable bonds is 3. The summed E-state index contributed by atoms with van der Waals surface area (Å²) in [4.78, 5) is 8.02. The van der Waals surface area contributed by atoms with Crippen molar-refractivity contribution in [1.82, 2.24) is 15.4 Å². The number of halogens is 4. The van der Waals surface area contributed by atoms with Gasteiger partial charge in [0.2, 0.25) is 0 Å². The Bertz CT molecular complexity index is 625. The standard InChI is InChI=1S/C13H12F4N4/c1-7-5-19-12(20-6-7)11(21-18)8-2-3-10(14)9(4-8)13(15,16)17/h2-6,11,21H,18H2,1H3. The van der Waals surface area contributed by atoms with Gasteiger partial charge in [-0.15, -0.1) is 0 Å². The van der Waals surface area contributed by atoms with E-state index in [2.05, 4.69) is 15.4 Å². The normalized spacial score (nSPS) is 13.2. The number of hydrogen-bond donors (Lipinski definition) is 2. The molecule has 0 saturated carbocycles. The van der Waals surface area contributed by atoms with Crippen LogP contribution in [0.4, 0.5) is 17.6 Å². The van der Waals surface area contributed by atoms with Crippen LogP contribution in [0.1, 0.15) is 28.6 Å². The van der Waals surface area contributed by atoms with Crippen molar-refractivity contribution in [2.45, 2.75) is 19.1 Å². The van der Waals surface area contributed by atoms with Crippen LogP contribution in [0.25, 0.3) is 0 Å². The molecule has 0 aliphatic carbocycles. The van der Waals surface area contributed by atoms with E-state index in [9.17, 15) is 17.6 Å². The smallest absolute Gasteiger partial charge is 0.270 e. The first-order chi connectivity index (χ1) is 9.82. The van der Waals surface area contributed by atoms with Gasteiger partial charge in [-0.05, 0) is 30.2 Å². The van der Waals surface area contributed by atoms with Crippen LogP contribution in [0, 0.1) is 12.7 Å². The van der Waals surface area contributed by atoms with Gasteiger partial charge in [0.15, 0.2) is 5.82 Å². The van der Waals surface area contributed by atoms with Gasteiger partial charge in [0.05, 0.1) is 5.56 Å². The minimum absolute atomic E-state index is 0.120. The number of nitrogens with two attached hydrogens (primary N) is 1. The highest BCUT2D eigenvalue weighted by Gasteiger charge is 2.35. The minimum Gasteiger partial charge on any atom is -0.270 e. The van der Waals surface area contributed by atoms with Gasteiger partial charge in [0, 0.05) is 12.4 Å². The first-order valence-electron chi connectivity index (χ1n) is 5.94. The van der Waals surface area contributed by atoms with Crippen molar-refractivity contribution in [2.75, 3.05) is 0 Å². The third-order valence-corrected chi connectivity index (χ3v) is 2.85. The zero-order valence-electron chi connectivity index (χ0n) is 10.9. The number of aryl methyl sites for hydroxylation is 1. The number of hydrogen-bond acceptors (Lipinski definition) is 4. The van der Waals surface area contributed by atoms with Crippen molar-refractivity contribution in [1.29, 1.82) is 0 Å². The Labute approximate surface area is 118 Å². The average Bonchev–Trinajstić information content (AvgIpc) is 2.42. The molecule has 0 aliphatic heterocycles. The summed E-state index contributed by atoms with van der Waals surface area (Å²) < 4.78 is 51.5. The zero-order chi connectivity index (χ0) is 15.6. The Morgan fingerprint density at radius 2 is 1.81 bits per heavy atom. The summed E-state index contributed by atoms with van der Waals surface area (Å²) in [6, 6.07) is 1.78. The molecular formula is C13H12F4N4. The predicted molar refractivity (Wildman–Crippen MR) is 67.3 cm³/mol. The van der Waals surface area contributed by atoms with Crippen molar-refractivity contribution in [3.63, 3.8) is 0 Å². The van der Waals surface area contributed by atoms with Crippen molar-refractivity contribution in [2.24, 2.45) is 5.84 Å². The fourth-order valence-electron chi connectivity index (χ4n) is 1.81. The molecule has 8 heteroatoms. The zero-order valence-corrected chi connectivity index (χ0v) is 10.9. The Morgan fingerprint density at radius 3 is 2.33 bits per heavy atom. The Balaban J connectivity index is 2.46. The van der Waals surface area contributed by atoms with Gasteiger partial charge >= 0.3 is 6.18 Å². The summed E-state index contributed by atoms with van der Waals surface area (Å²) in [6.07, 6.45) is -1.75. The highest BCUT2D eigenvalue weighted by atomic mass is 19.4. The van der Waals surface area contributed by atoms with E-state index in [0.29, 0.717) is 6.07 Å². The summed E-state index contributed by atoms with van der Waals surface area (Å²) in [7, 11) is 0. The second-order valence-corrected chi connectivity index (χ2v) is 4.46. The molecule has 0 radical (unpaired) electrons. The lowest BCUT2D eigenvalue weighted by atomic mass is 10.0. The van der Waals surface area contributed by atoms with Gasteiger partial charge in [0.25, 0.3) is 0 Å². The molecule has 2 aromatic rings. The molecule has 3 N–H and O–H groups in total. The van der Waals surface area contributed by atoms with E-state index in [1.165, 1.54) is 18.5 Å². The lowest BCUT2D eigenvalue weighted by Gasteiger charge is -2.17. The van der Waals surface area contributed by atoms with Crippen molar-refractivity contribution in [3.8, 4) is 0 Å². The monoisotopic (exact) mass is 300 g/mol. The van der Waals surface area contributed by atoms with Crippen LogP contribution < -0.4 is 11.3 Å². The molecule has 1 unspecified atom stereocenters. The number of aromatic nitrogens is 2. The molecule has 1 aromatic heterocycles. The first kappa shape index (κ1) is 15.3. The van der Waals surface area contributed by atoms with Crippen LogP contribution in [-0.2, 0) is 6.18 Å². The lowest BCUT2D eigenvalue weighted by molar-refractivity contribution is -0.140. The Kier molecular flexibility index (Phi) is 4.19. The quantitative estimate of drug-likeness (QED) is 0.519. The van der Waals surface area contributed by atoms with Crippen LogP contribution >= 0.6 is 0 Å². The highest BCUT2D eigenvalue weighted by molar-refractivity contribution is 5.32. The fraction of sp³-hybridized carbons (Fsp3) is 0.231. The van der Waals surface area contributed by atoms with E-state index < -0.39 is 23.6 Å². The summed E-state index contributed by atoms with van der Waals surface area (Å²) in [6.45, 7) is 1.77. The molecule has 1 heterocycles. The predicted octanol–water partition coefficient (Wildman–Crippen LogP) is 2.50. The van der Waals surface area contributed by atoms with Crippen LogP contribution in [0.5, 0.6) is 0 Å². The molecule has 4 nitrogen and oxygen atoms in total. The van der Waals surface area contributed by atoms with Crippen LogP contribution in [0.3, 0.4) is 0 Å². The summed E-state index contributed by atoms with van der Waals surface area (Å²) >= 11 is 0.